The van der Waals surface area contributed by atoms with Gasteiger partial charge in [-0.05, 0) is 43.7 Å². The quantitative estimate of drug-likeness (QED) is 0.871. The van der Waals surface area contributed by atoms with Gasteiger partial charge < -0.3 is 4.57 Å². The summed E-state index contributed by atoms with van der Waals surface area (Å²) in [6.45, 7) is 0. The Morgan fingerprint density at radius 2 is 1.95 bits per heavy atom. The molecule has 2 aromatic rings. The van der Waals surface area contributed by atoms with Crippen LogP contribution in [-0.2, 0) is 16.3 Å². The maximum Gasteiger partial charge on any atom is 0.160 e. The Labute approximate surface area is 124 Å². The van der Waals surface area contributed by atoms with E-state index in [0.29, 0.717) is 23.5 Å². The van der Waals surface area contributed by atoms with Crippen LogP contribution >= 0.6 is 0 Å². The Morgan fingerprint density at radius 1 is 1.19 bits per heavy atom. The van der Waals surface area contributed by atoms with E-state index in [4.69, 9.17) is 4.98 Å². The van der Waals surface area contributed by atoms with Gasteiger partial charge >= 0.3 is 0 Å². The Bertz CT molecular complexity index is 763. The number of hydrogen-bond donors (Lipinski definition) is 0. The molecule has 21 heavy (non-hydrogen) atoms. The van der Waals surface area contributed by atoms with Gasteiger partial charge in [-0.3, -0.25) is 0 Å². The van der Waals surface area contributed by atoms with Crippen molar-refractivity contribution in [2.75, 3.05) is 11.5 Å². The second kappa shape index (κ2) is 4.80. The molecule has 112 valence electrons. The Kier molecular flexibility index (Phi) is 3.03. The first-order chi connectivity index (χ1) is 10.1. The Balaban J connectivity index is 1.63. The van der Waals surface area contributed by atoms with E-state index < -0.39 is 9.84 Å². The van der Waals surface area contributed by atoms with Gasteiger partial charge in [-0.25, -0.2) is 18.4 Å². The topological polar surface area (TPSA) is 64.8 Å². The third kappa shape index (κ3) is 2.57. The standard InChI is InChI=1S/C15H19N3O2S/c19-21(20)8-5-11(6-9-21)10-14-17-13-2-1-7-16-15(13)18(14)12-3-4-12/h1-2,7,11-12H,3-6,8-10H2. The van der Waals surface area contributed by atoms with Crippen LogP contribution < -0.4 is 0 Å². The summed E-state index contributed by atoms with van der Waals surface area (Å²) < 4.78 is 25.4. The van der Waals surface area contributed by atoms with Gasteiger partial charge in [-0.15, -0.1) is 0 Å². The molecule has 4 rings (SSSR count). The molecular weight excluding hydrogens is 286 g/mol. The average Bonchev–Trinajstić information content (AvgIpc) is 3.22. The summed E-state index contributed by atoms with van der Waals surface area (Å²) in [5.74, 6) is 2.19. The van der Waals surface area contributed by atoms with E-state index >= 15 is 0 Å². The van der Waals surface area contributed by atoms with Crippen molar-refractivity contribution in [3.05, 3.63) is 24.2 Å². The largest absolute Gasteiger partial charge is 0.310 e. The highest BCUT2D eigenvalue weighted by Gasteiger charge is 2.31. The van der Waals surface area contributed by atoms with Gasteiger partial charge in [0.1, 0.15) is 21.2 Å². The van der Waals surface area contributed by atoms with E-state index in [-0.39, 0.29) is 0 Å². The fraction of sp³-hybridized carbons (Fsp3) is 0.600. The van der Waals surface area contributed by atoms with Crippen molar-refractivity contribution in [1.29, 1.82) is 0 Å². The molecular formula is C15H19N3O2S. The molecule has 1 aliphatic carbocycles. The average molecular weight is 305 g/mol. The first-order valence-corrected chi connectivity index (χ1v) is 9.47. The molecule has 5 nitrogen and oxygen atoms in total. The fourth-order valence-electron chi connectivity index (χ4n) is 3.24. The Hall–Kier alpha value is -1.43. The van der Waals surface area contributed by atoms with E-state index in [1.165, 1.54) is 12.8 Å². The summed E-state index contributed by atoms with van der Waals surface area (Å²) in [5.41, 5.74) is 1.95. The smallest absolute Gasteiger partial charge is 0.160 e. The van der Waals surface area contributed by atoms with Gasteiger partial charge in [-0.2, -0.15) is 0 Å². The highest BCUT2D eigenvalue weighted by atomic mass is 32.2. The molecule has 6 heteroatoms. The zero-order valence-electron chi connectivity index (χ0n) is 11.9. The molecule has 0 bridgehead atoms. The van der Waals surface area contributed by atoms with Crippen molar-refractivity contribution in [3.8, 4) is 0 Å². The third-order valence-electron chi connectivity index (χ3n) is 4.58. The van der Waals surface area contributed by atoms with Crippen LogP contribution in [0.15, 0.2) is 18.3 Å². The van der Waals surface area contributed by atoms with Crippen LogP contribution in [0.4, 0.5) is 0 Å². The number of imidazole rings is 1. The third-order valence-corrected chi connectivity index (χ3v) is 6.29. The number of fused-ring (bicyclic) bond motifs is 1. The van der Waals surface area contributed by atoms with Gasteiger partial charge in [0, 0.05) is 18.7 Å². The van der Waals surface area contributed by atoms with Crippen molar-refractivity contribution >= 4 is 21.0 Å². The van der Waals surface area contributed by atoms with Gasteiger partial charge in [0.05, 0.1) is 11.5 Å². The first-order valence-electron chi connectivity index (χ1n) is 7.65. The van der Waals surface area contributed by atoms with E-state index in [0.717, 1.165) is 36.3 Å². The number of hydrogen-bond acceptors (Lipinski definition) is 4. The summed E-state index contributed by atoms with van der Waals surface area (Å²) in [4.78, 5) is 9.24. The Morgan fingerprint density at radius 3 is 2.67 bits per heavy atom. The first kappa shape index (κ1) is 13.2. The van der Waals surface area contributed by atoms with Gasteiger partial charge in [0.2, 0.25) is 0 Å². The van der Waals surface area contributed by atoms with Crippen molar-refractivity contribution in [2.24, 2.45) is 5.92 Å². The lowest BCUT2D eigenvalue weighted by Crippen LogP contribution is -2.25. The summed E-state index contributed by atoms with van der Waals surface area (Å²) in [7, 11) is -2.79. The van der Waals surface area contributed by atoms with Gasteiger partial charge in [-0.1, -0.05) is 0 Å². The molecule has 0 unspecified atom stereocenters. The molecule has 1 saturated carbocycles. The lowest BCUT2D eigenvalue weighted by molar-refractivity contribution is 0.446. The lowest BCUT2D eigenvalue weighted by atomic mass is 9.98. The molecule has 2 aromatic heterocycles. The minimum Gasteiger partial charge on any atom is -0.310 e. The van der Waals surface area contributed by atoms with Crippen molar-refractivity contribution < 1.29 is 8.42 Å². The van der Waals surface area contributed by atoms with E-state index in [1.54, 1.807) is 0 Å². The number of aromatic nitrogens is 3. The van der Waals surface area contributed by atoms with E-state index in [2.05, 4.69) is 9.55 Å². The predicted octanol–water partition coefficient (Wildman–Crippen LogP) is 2.13. The van der Waals surface area contributed by atoms with Crippen LogP contribution in [0.1, 0.15) is 37.5 Å². The maximum atomic E-state index is 11.5. The monoisotopic (exact) mass is 305 g/mol. The summed E-state index contributed by atoms with van der Waals surface area (Å²) in [6.07, 6.45) is 6.64. The highest BCUT2D eigenvalue weighted by Crippen LogP contribution is 2.39. The molecule has 1 aliphatic heterocycles. The van der Waals surface area contributed by atoms with Crippen molar-refractivity contribution in [2.45, 2.75) is 38.1 Å². The van der Waals surface area contributed by atoms with Gasteiger partial charge in [0.25, 0.3) is 0 Å². The van der Waals surface area contributed by atoms with E-state index in [9.17, 15) is 8.42 Å². The molecule has 0 aromatic carbocycles. The summed E-state index contributed by atoms with van der Waals surface area (Å²) >= 11 is 0. The molecule has 3 heterocycles. The molecule has 0 N–H and O–H groups in total. The zero-order chi connectivity index (χ0) is 14.4. The minimum atomic E-state index is -2.79. The van der Waals surface area contributed by atoms with Crippen molar-refractivity contribution in [3.63, 3.8) is 0 Å². The summed E-state index contributed by atoms with van der Waals surface area (Å²) in [5, 5.41) is 0. The SMILES string of the molecule is O=S1(=O)CCC(Cc2nc3cccnc3n2C2CC2)CC1. The lowest BCUT2D eigenvalue weighted by Gasteiger charge is -2.21. The fourth-order valence-corrected chi connectivity index (χ4v) is 4.83. The van der Waals surface area contributed by atoms with Crippen LogP contribution in [0.25, 0.3) is 11.2 Å². The molecule has 1 saturated heterocycles. The van der Waals surface area contributed by atoms with Gasteiger partial charge in [0.15, 0.2) is 5.65 Å². The van der Waals surface area contributed by atoms with Crippen LogP contribution in [-0.4, -0.2) is 34.5 Å². The van der Waals surface area contributed by atoms with Crippen molar-refractivity contribution in [1.82, 2.24) is 14.5 Å². The molecule has 0 spiro atoms. The molecule has 2 fully saturated rings. The summed E-state index contributed by atoms with van der Waals surface area (Å²) in [6, 6.07) is 4.48. The predicted molar refractivity (Wildman–Crippen MR) is 80.9 cm³/mol. The molecule has 0 atom stereocenters. The zero-order valence-corrected chi connectivity index (χ0v) is 12.7. The second-order valence-corrected chi connectivity index (χ2v) is 8.58. The van der Waals surface area contributed by atoms with Crippen LogP contribution in [0.3, 0.4) is 0 Å². The van der Waals surface area contributed by atoms with Crippen LogP contribution in [0, 0.1) is 5.92 Å². The van der Waals surface area contributed by atoms with E-state index in [1.807, 2.05) is 18.3 Å². The second-order valence-electron chi connectivity index (χ2n) is 6.27. The normalized spacial score (nSPS) is 22.7. The molecule has 2 aliphatic rings. The minimum absolute atomic E-state index is 0.333. The highest BCUT2D eigenvalue weighted by molar-refractivity contribution is 7.91. The van der Waals surface area contributed by atoms with Crippen LogP contribution in [0.5, 0.6) is 0 Å². The molecule has 0 radical (unpaired) electrons. The number of sulfone groups is 1. The molecule has 0 amide bonds. The maximum absolute atomic E-state index is 11.5. The number of pyridine rings is 1. The number of nitrogens with zero attached hydrogens (tertiary/aromatic N) is 3. The number of rotatable bonds is 3. The van der Waals surface area contributed by atoms with Crippen LogP contribution in [0.2, 0.25) is 0 Å².